The first-order valence-electron chi connectivity index (χ1n) is 7.47. The lowest BCUT2D eigenvalue weighted by Gasteiger charge is -2.06. The first-order valence-corrected chi connectivity index (χ1v) is 7.47. The zero-order valence-corrected chi connectivity index (χ0v) is 14.1. The lowest BCUT2D eigenvalue weighted by molar-refractivity contribution is -0.136. The highest BCUT2D eigenvalue weighted by molar-refractivity contribution is 6.39. The molecule has 0 saturated heterocycles. The van der Waals surface area contributed by atoms with E-state index in [9.17, 15) is 14.0 Å². The summed E-state index contributed by atoms with van der Waals surface area (Å²) in [5.41, 5.74) is 4.49. The van der Waals surface area contributed by atoms with Crippen molar-refractivity contribution in [1.29, 1.82) is 0 Å². The van der Waals surface area contributed by atoms with Gasteiger partial charge in [-0.1, -0.05) is 17.7 Å². The molecular formula is C18H18FN3O3. The molecule has 0 aliphatic heterocycles. The average molecular weight is 343 g/mol. The van der Waals surface area contributed by atoms with Crippen LogP contribution < -0.4 is 15.5 Å². The van der Waals surface area contributed by atoms with Crippen molar-refractivity contribution >= 4 is 23.2 Å². The minimum absolute atomic E-state index is 0.109. The molecule has 0 heterocycles. The van der Waals surface area contributed by atoms with Gasteiger partial charge in [-0.3, -0.25) is 9.59 Å². The van der Waals surface area contributed by atoms with Crippen molar-refractivity contribution in [2.45, 2.75) is 13.8 Å². The summed E-state index contributed by atoms with van der Waals surface area (Å²) in [7, 11) is 1.37. The van der Waals surface area contributed by atoms with Crippen molar-refractivity contribution in [3.05, 3.63) is 59.4 Å². The summed E-state index contributed by atoms with van der Waals surface area (Å²) in [6, 6.07) is 11.3. The number of amides is 2. The third kappa shape index (κ3) is 4.87. The molecule has 6 nitrogen and oxygen atoms in total. The molecule has 0 spiro atoms. The van der Waals surface area contributed by atoms with Crippen LogP contribution in [0, 0.1) is 12.7 Å². The number of hydrogen-bond donors (Lipinski definition) is 2. The molecule has 0 radical (unpaired) electrons. The van der Waals surface area contributed by atoms with Crippen LogP contribution in [0.2, 0.25) is 0 Å². The summed E-state index contributed by atoms with van der Waals surface area (Å²) in [5.74, 6) is -2.20. The lowest BCUT2D eigenvalue weighted by Crippen LogP contribution is -2.32. The number of nitrogens with zero attached hydrogens (tertiary/aromatic N) is 1. The van der Waals surface area contributed by atoms with Gasteiger partial charge >= 0.3 is 11.8 Å². The molecule has 2 aromatic rings. The van der Waals surface area contributed by atoms with Gasteiger partial charge in [-0.25, -0.2) is 9.82 Å². The molecule has 0 bridgehead atoms. The second-order valence-corrected chi connectivity index (χ2v) is 5.31. The molecule has 25 heavy (non-hydrogen) atoms. The van der Waals surface area contributed by atoms with Crippen LogP contribution in [0.4, 0.5) is 10.1 Å². The van der Waals surface area contributed by atoms with Crippen molar-refractivity contribution < 1.29 is 18.7 Å². The summed E-state index contributed by atoms with van der Waals surface area (Å²) in [5, 5.41) is 6.28. The Kier molecular flexibility index (Phi) is 5.84. The fraction of sp³-hybridized carbons (Fsp3) is 0.167. The standard InChI is InChI=1S/C18H18FN3O3/c1-11-4-7-14(8-5-11)20-17(23)18(24)22-21-12(2)13-6-9-16(25-3)15(19)10-13/h4-10H,1-3H3,(H,20,23)(H,22,24)/b21-12-. The van der Waals surface area contributed by atoms with Gasteiger partial charge < -0.3 is 10.1 Å². The van der Waals surface area contributed by atoms with Crippen LogP contribution in [0.25, 0.3) is 0 Å². The Morgan fingerprint density at radius 1 is 1.08 bits per heavy atom. The van der Waals surface area contributed by atoms with Crippen LogP contribution in [-0.4, -0.2) is 24.6 Å². The molecule has 2 rings (SSSR count). The quantitative estimate of drug-likeness (QED) is 0.509. The van der Waals surface area contributed by atoms with Gasteiger partial charge in [0.15, 0.2) is 11.6 Å². The topological polar surface area (TPSA) is 79.8 Å². The minimum Gasteiger partial charge on any atom is -0.494 e. The van der Waals surface area contributed by atoms with Crippen LogP contribution in [0.15, 0.2) is 47.6 Å². The highest BCUT2D eigenvalue weighted by Crippen LogP contribution is 2.18. The number of nitrogens with one attached hydrogen (secondary N) is 2. The summed E-state index contributed by atoms with van der Waals surface area (Å²) < 4.78 is 18.5. The maximum Gasteiger partial charge on any atom is 0.329 e. The lowest BCUT2D eigenvalue weighted by atomic mass is 10.1. The van der Waals surface area contributed by atoms with E-state index in [4.69, 9.17) is 4.74 Å². The summed E-state index contributed by atoms with van der Waals surface area (Å²) >= 11 is 0. The number of aryl methyl sites for hydroxylation is 1. The van der Waals surface area contributed by atoms with E-state index < -0.39 is 17.6 Å². The van der Waals surface area contributed by atoms with E-state index in [1.807, 2.05) is 19.1 Å². The Balaban J connectivity index is 1.99. The molecule has 0 fully saturated rings. The first kappa shape index (κ1) is 18.1. The van der Waals surface area contributed by atoms with E-state index in [1.165, 1.54) is 19.2 Å². The van der Waals surface area contributed by atoms with E-state index in [0.717, 1.165) is 5.56 Å². The highest BCUT2D eigenvalue weighted by atomic mass is 19.1. The van der Waals surface area contributed by atoms with E-state index in [0.29, 0.717) is 17.0 Å². The minimum atomic E-state index is -0.922. The van der Waals surface area contributed by atoms with Crippen molar-refractivity contribution in [2.75, 3.05) is 12.4 Å². The van der Waals surface area contributed by atoms with Gasteiger partial charge in [0.1, 0.15) is 0 Å². The molecule has 0 saturated carbocycles. The Morgan fingerprint density at radius 3 is 2.36 bits per heavy atom. The van der Waals surface area contributed by atoms with E-state index in [-0.39, 0.29) is 5.75 Å². The van der Waals surface area contributed by atoms with Crippen molar-refractivity contribution in [3.63, 3.8) is 0 Å². The number of carbonyl (C=O) groups excluding carboxylic acids is 2. The maximum absolute atomic E-state index is 13.7. The van der Waals surface area contributed by atoms with Crippen LogP contribution >= 0.6 is 0 Å². The number of rotatable bonds is 4. The monoisotopic (exact) mass is 343 g/mol. The fourth-order valence-electron chi connectivity index (χ4n) is 1.97. The normalized spacial score (nSPS) is 11.0. The third-order valence-electron chi connectivity index (χ3n) is 3.41. The summed E-state index contributed by atoms with van der Waals surface area (Å²) in [6.07, 6.45) is 0. The molecule has 7 heteroatoms. The number of carbonyl (C=O) groups is 2. The maximum atomic E-state index is 13.7. The SMILES string of the molecule is COc1ccc(/C(C)=N\NC(=O)C(=O)Nc2ccc(C)cc2)cc1F. The van der Waals surface area contributed by atoms with Gasteiger partial charge in [0.25, 0.3) is 0 Å². The molecule has 130 valence electrons. The molecule has 0 unspecified atom stereocenters. The smallest absolute Gasteiger partial charge is 0.329 e. The predicted octanol–water partition coefficient (Wildman–Crippen LogP) is 2.62. The number of ether oxygens (including phenoxy) is 1. The highest BCUT2D eigenvalue weighted by Gasteiger charge is 2.13. The zero-order chi connectivity index (χ0) is 18.4. The molecule has 0 aromatic heterocycles. The number of anilines is 1. The van der Waals surface area contributed by atoms with Gasteiger partial charge in [-0.2, -0.15) is 5.10 Å². The molecule has 2 amide bonds. The Labute approximate surface area is 144 Å². The predicted molar refractivity (Wildman–Crippen MR) is 93.1 cm³/mol. The molecule has 0 aliphatic rings. The summed E-state index contributed by atoms with van der Waals surface area (Å²) in [4.78, 5) is 23.6. The van der Waals surface area contributed by atoms with E-state index in [2.05, 4.69) is 15.8 Å². The largest absolute Gasteiger partial charge is 0.494 e. The number of hydrazone groups is 1. The second kappa shape index (κ2) is 8.05. The van der Waals surface area contributed by atoms with Gasteiger partial charge in [0.2, 0.25) is 0 Å². The van der Waals surface area contributed by atoms with Crippen LogP contribution in [-0.2, 0) is 9.59 Å². The molecule has 2 aromatic carbocycles. The Bertz CT molecular complexity index is 817. The van der Waals surface area contributed by atoms with Crippen molar-refractivity contribution in [1.82, 2.24) is 5.43 Å². The van der Waals surface area contributed by atoms with Crippen LogP contribution in [0.5, 0.6) is 5.75 Å². The van der Waals surface area contributed by atoms with Gasteiger partial charge in [-0.05, 0) is 44.2 Å². The van der Waals surface area contributed by atoms with E-state index >= 15 is 0 Å². The Hall–Kier alpha value is -3.22. The zero-order valence-electron chi connectivity index (χ0n) is 14.1. The fourth-order valence-corrected chi connectivity index (χ4v) is 1.97. The van der Waals surface area contributed by atoms with Crippen molar-refractivity contribution in [3.8, 4) is 5.75 Å². The van der Waals surface area contributed by atoms with Gasteiger partial charge in [0.05, 0.1) is 12.8 Å². The summed E-state index contributed by atoms with van der Waals surface area (Å²) in [6.45, 7) is 3.50. The molecule has 0 aliphatic carbocycles. The Morgan fingerprint density at radius 2 is 1.76 bits per heavy atom. The molecule has 2 N–H and O–H groups in total. The second-order valence-electron chi connectivity index (χ2n) is 5.31. The number of benzene rings is 2. The van der Waals surface area contributed by atoms with Crippen molar-refractivity contribution in [2.24, 2.45) is 5.10 Å². The average Bonchev–Trinajstić information content (AvgIpc) is 2.61. The third-order valence-corrected chi connectivity index (χ3v) is 3.41. The molecular weight excluding hydrogens is 325 g/mol. The van der Waals surface area contributed by atoms with Crippen LogP contribution in [0.3, 0.4) is 0 Å². The van der Waals surface area contributed by atoms with E-state index in [1.54, 1.807) is 25.1 Å². The number of halogens is 1. The number of methoxy groups -OCH3 is 1. The van der Waals surface area contributed by atoms with Gasteiger partial charge in [-0.15, -0.1) is 0 Å². The van der Waals surface area contributed by atoms with Gasteiger partial charge in [0, 0.05) is 11.3 Å². The number of hydrogen-bond acceptors (Lipinski definition) is 4. The molecule has 0 atom stereocenters. The van der Waals surface area contributed by atoms with Crippen LogP contribution in [0.1, 0.15) is 18.1 Å². The first-order chi connectivity index (χ1) is 11.9.